The van der Waals surface area contributed by atoms with Crippen LogP contribution in [-0.2, 0) is 0 Å². The quantitative estimate of drug-likeness (QED) is 0.236. The van der Waals surface area contributed by atoms with Gasteiger partial charge in [0, 0.05) is 27.4 Å². The number of nitrogens with one attached hydrogen (secondary N) is 2. The molecule has 3 aromatic rings. The van der Waals surface area contributed by atoms with Crippen molar-refractivity contribution in [1.82, 2.24) is 5.43 Å². The minimum absolute atomic E-state index is 0.174. The Hall–Kier alpha value is -4.65. The number of amides is 2. The largest absolute Gasteiger partial charge is 0.502 e. The summed E-state index contributed by atoms with van der Waals surface area (Å²) in [6.07, 6.45) is 0.847. The average molecular weight is 528 g/mol. The molecule has 0 aliphatic rings. The van der Waals surface area contributed by atoms with E-state index in [1.54, 1.807) is 24.3 Å². The monoisotopic (exact) mass is 527 g/mol. The first-order valence-electron chi connectivity index (χ1n) is 9.32. The smallest absolute Gasteiger partial charge is 0.318 e. The Morgan fingerprint density at radius 1 is 0.912 bits per heavy atom. The summed E-state index contributed by atoms with van der Waals surface area (Å²) in [5.41, 5.74) is 1.39. The van der Waals surface area contributed by atoms with E-state index in [-0.39, 0.29) is 17.0 Å². The molecule has 0 unspecified atom stereocenters. The van der Waals surface area contributed by atoms with Gasteiger partial charge in [-0.25, -0.2) is 5.43 Å². The maximum absolute atomic E-state index is 12.3. The van der Waals surface area contributed by atoms with Crippen molar-refractivity contribution in [2.24, 2.45) is 5.10 Å². The Kier molecular flexibility index (Phi) is 7.28. The lowest BCUT2D eigenvalue weighted by atomic mass is 10.1. The van der Waals surface area contributed by atoms with Crippen molar-refractivity contribution in [3.63, 3.8) is 0 Å². The minimum atomic E-state index is -0.977. The van der Waals surface area contributed by atoms with Gasteiger partial charge in [-0.2, -0.15) is 5.10 Å². The molecule has 0 fully saturated rings. The lowest BCUT2D eigenvalue weighted by Gasteiger charge is -2.06. The topological polar surface area (TPSA) is 177 Å². The molecule has 0 spiro atoms. The fourth-order valence-electron chi connectivity index (χ4n) is 2.70. The van der Waals surface area contributed by atoms with Crippen LogP contribution in [0.25, 0.3) is 0 Å². The molecule has 3 aromatic carbocycles. The van der Waals surface area contributed by atoms with E-state index in [9.17, 15) is 34.9 Å². The second kappa shape index (κ2) is 10.3. The van der Waals surface area contributed by atoms with Gasteiger partial charge < -0.3 is 10.4 Å². The van der Waals surface area contributed by atoms with Gasteiger partial charge in [0.25, 0.3) is 17.5 Å². The van der Waals surface area contributed by atoms with Crippen molar-refractivity contribution in [2.45, 2.75) is 0 Å². The van der Waals surface area contributed by atoms with Gasteiger partial charge in [-0.3, -0.25) is 29.8 Å². The number of carbonyl (C=O) groups excluding carboxylic acids is 2. The predicted octanol–water partition coefficient (Wildman–Crippen LogP) is 3.99. The Morgan fingerprint density at radius 2 is 1.50 bits per heavy atom. The highest BCUT2D eigenvalue weighted by molar-refractivity contribution is 9.10. The van der Waals surface area contributed by atoms with E-state index >= 15 is 0 Å². The van der Waals surface area contributed by atoms with Crippen LogP contribution in [0.3, 0.4) is 0 Å². The molecule has 0 saturated carbocycles. The predicted molar refractivity (Wildman–Crippen MR) is 125 cm³/mol. The number of nitrogens with zero attached hydrogens (tertiary/aromatic N) is 3. The number of hydrogen-bond acceptors (Lipinski definition) is 8. The second-order valence-corrected chi connectivity index (χ2v) is 7.57. The molecule has 13 heteroatoms. The summed E-state index contributed by atoms with van der Waals surface area (Å²) < 4.78 is 0.834. The third-order valence-corrected chi connectivity index (χ3v) is 4.92. The zero-order valence-corrected chi connectivity index (χ0v) is 18.6. The number of anilines is 1. The summed E-state index contributed by atoms with van der Waals surface area (Å²) in [6.45, 7) is 0. The highest BCUT2D eigenvalue weighted by Gasteiger charge is 2.23. The average Bonchev–Trinajstić information content (AvgIpc) is 2.80. The molecular formula is C21H14BrN5O7. The first-order valence-corrected chi connectivity index (χ1v) is 10.1. The second-order valence-electron chi connectivity index (χ2n) is 6.65. The van der Waals surface area contributed by atoms with Crippen LogP contribution in [0.1, 0.15) is 26.3 Å². The number of rotatable bonds is 7. The van der Waals surface area contributed by atoms with Gasteiger partial charge in [-0.05, 0) is 48.5 Å². The number of carbonyl (C=O) groups is 2. The van der Waals surface area contributed by atoms with Crippen LogP contribution in [0, 0.1) is 20.2 Å². The molecule has 2 amide bonds. The fourth-order valence-corrected chi connectivity index (χ4v) is 2.97. The highest BCUT2D eigenvalue weighted by atomic mass is 79.9. The Labute approximate surface area is 199 Å². The van der Waals surface area contributed by atoms with Gasteiger partial charge >= 0.3 is 5.69 Å². The van der Waals surface area contributed by atoms with E-state index in [0.29, 0.717) is 17.3 Å². The van der Waals surface area contributed by atoms with E-state index in [4.69, 9.17) is 0 Å². The number of hydrazone groups is 1. The Morgan fingerprint density at radius 3 is 2.09 bits per heavy atom. The zero-order chi connectivity index (χ0) is 24.8. The number of phenolic OH excluding ortho intramolecular Hbond substituents is 1. The summed E-state index contributed by atoms with van der Waals surface area (Å²) in [6, 6.07) is 14.1. The van der Waals surface area contributed by atoms with E-state index in [1.165, 1.54) is 24.3 Å². The lowest BCUT2D eigenvalue weighted by Crippen LogP contribution is -2.18. The Balaban J connectivity index is 1.67. The first-order chi connectivity index (χ1) is 16.2. The maximum Gasteiger partial charge on any atom is 0.318 e. The van der Waals surface area contributed by atoms with Gasteiger partial charge in [-0.15, -0.1) is 0 Å². The van der Waals surface area contributed by atoms with Crippen LogP contribution in [0.4, 0.5) is 17.1 Å². The molecular weight excluding hydrogens is 514 g/mol. The fraction of sp³-hybridized carbons (Fsp3) is 0. The molecule has 3 rings (SSSR count). The van der Waals surface area contributed by atoms with Crippen molar-refractivity contribution in [3.05, 3.63) is 102 Å². The first kappa shape index (κ1) is 24.0. The van der Waals surface area contributed by atoms with Crippen LogP contribution < -0.4 is 10.7 Å². The molecule has 0 aliphatic carbocycles. The summed E-state index contributed by atoms with van der Waals surface area (Å²) in [5, 5.41) is 38.2. The lowest BCUT2D eigenvalue weighted by molar-refractivity contribution is -0.394. The molecule has 0 saturated heterocycles. The van der Waals surface area contributed by atoms with Gasteiger partial charge in [0.15, 0.2) is 0 Å². The summed E-state index contributed by atoms with van der Waals surface area (Å²) in [7, 11) is 0. The number of hydrogen-bond donors (Lipinski definition) is 3. The van der Waals surface area contributed by atoms with Crippen LogP contribution in [0.15, 0.2) is 70.2 Å². The van der Waals surface area contributed by atoms with Crippen LogP contribution in [-0.4, -0.2) is 33.0 Å². The molecule has 0 radical (unpaired) electrons. The van der Waals surface area contributed by atoms with Crippen molar-refractivity contribution >= 4 is 51.0 Å². The zero-order valence-electron chi connectivity index (χ0n) is 17.0. The minimum Gasteiger partial charge on any atom is -0.502 e. The third-order valence-electron chi connectivity index (χ3n) is 4.39. The molecule has 0 bridgehead atoms. The van der Waals surface area contributed by atoms with Gasteiger partial charge in [0.05, 0.1) is 27.7 Å². The molecule has 172 valence electrons. The van der Waals surface area contributed by atoms with Crippen LogP contribution >= 0.6 is 15.9 Å². The summed E-state index contributed by atoms with van der Waals surface area (Å²) in [4.78, 5) is 44.6. The number of aromatic hydroxyl groups is 1. The third kappa shape index (κ3) is 5.77. The SMILES string of the molecule is O=C(NN=Cc1cc([N+](=O)[O-])cc([N+](=O)[O-])c1O)c1ccc(NC(=O)c2ccc(Br)cc2)cc1. The van der Waals surface area contributed by atoms with Gasteiger partial charge in [-0.1, -0.05) is 15.9 Å². The number of benzene rings is 3. The van der Waals surface area contributed by atoms with Crippen molar-refractivity contribution in [1.29, 1.82) is 0 Å². The van der Waals surface area contributed by atoms with E-state index in [2.05, 4.69) is 31.8 Å². The van der Waals surface area contributed by atoms with Crippen molar-refractivity contribution in [2.75, 3.05) is 5.32 Å². The van der Waals surface area contributed by atoms with Crippen molar-refractivity contribution < 1.29 is 24.5 Å². The standard InChI is InChI=1S/C21H14BrN5O7/c22-15-5-1-12(2-6-15)20(29)24-16-7-3-13(4-8-16)21(30)25-23-11-14-9-17(26(31)32)10-18(19(14)28)27(33)34/h1-11,28H,(H,24,29)(H,25,30). The normalized spacial score (nSPS) is 10.6. The van der Waals surface area contributed by atoms with Crippen LogP contribution in [0.2, 0.25) is 0 Å². The molecule has 12 nitrogen and oxygen atoms in total. The van der Waals surface area contributed by atoms with E-state index < -0.39 is 32.9 Å². The van der Waals surface area contributed by atoms with Gasteiger partial charge in [0.1, 0.15) is 0 Å². The Bertz CT molecular complexity index is 1310. The number of nitro benzene ring substituents is 2. The molecule has 3 N–H and O–H groups in total. The van der Waals surface area contributed by atoms with Crippen LogP contribution in [0.5, 0.6) is 5.75 Å². The maximum atomic E-state index is 12.3. The van der Waals surface area contributed by atoms with Crippen molar-refractivity contribution in [3.8, 4) is 5.75 Å². The summed E-state index contributed by atoms with van der Waals surface area (Å²) in [5.74, 6) is -1.83. The van der Waals surface area contributed by atoms with E-state index in [1.807, 2.05) is 0 Å². The highest BCUT2D eigenvalue weighted by Crippen LogP contribution is 2.33. The number of phenols is 1. The molecule has 0 aliphatic heterocycles. The molecule has 34 heavy (non-hydrogen) atoms. The number of nitro groups is 2. The van der Waals surface area contributed by atoms with Gasteiger partial charge in [0.2, 0.25) is 5.75 Å². The summed E-state index contributed by atoms with van der Waals surface area (Å²) >= 11 is 3.29. The molecule has 0 atom stereocenters. The van der Waals surface area contributed by atoms with E-state index in [0.717, 1.165) is 16.8 Å². The molecule has 0 heterocycles. The number of non-ortho nitro benzene ring substituents is 1. The molecule has 0 aromatic heterocycles. The number of halogens is 1.